The SMILES string of the molecule is C[C@@H]1NC(=O)CC/C=C\CN(CCN2CCOCC2)C(=O)[C@H]2N(CCCCO)C(=O)[C@@H]3[C@@H](C(=O)O[C@H]1c1ccccc1)[C@@H]1O[C@@]32C=C1Br. The molecule has 3 saturated heterocycles. The Morgan fingerprint density at radius 1 is 0.979 bits per heavy atom. The van der Waals surface area contributed by atoms with Crippen molar-refractivity contribution < 1.29 is 38.5 Å². The number of likely N-dealkylation sites (tertiary alicyclic amines) is 1. The van der Waals surface area contributed by atoms with Crippen LogP contribution >= 0.6 is 15.9 Å². The zero-order valence-corrected chi connectivity index (χ0v) is 28.9. The first kappa shape index (κ1) is 34.8. The third-order valence-electron chi connectivity index (χ3n) is 10.1. The Balaban J connectivity index is 1.38. The van der Waals surface area contributed by atoms with E-state index in [9.17, 15) is 24.3 Å². The topological polar surface area (TPSA) is 138 Å². The molecule has 12 nitrogen and oxygen atoms in total. The molecule has 0 saturated carbocycles. The molecule has 0 aliphatic carbocycles. The number of cyclic esters (lactones) is 1. The second-order valence-corrected chi connectivity index (χ2v) is 14.1. The fraction of sp³-hybridized carbons (Fsp3) is 0.600. The predicted octanol–water partition coefficient (Wildman–Crippen LogP) is 1.93. The lowest BCUT2D eigenvalue weighted by atomic mass is 9.74. The van der Waals surface area contributed by atoms with Gasteiger partial charge in [-0.3, -0.25) is 24.1 Å². The summed E-state index contributed by atoms with van der Waals surface area (Å²) in [6.45, 7) is 6.11. The fourth-order valence-electron chi connectivity index (χ4n) is 7.69. The van der Waals surface area contributed by atoms with Crippen LogP contribution in [-0.4, -0.2) is 126 Å². The maximum atomic E-state index is 14.8. The van der Waals surface area contributed by atoms with Crippen molar-refractivity contribution in [3.63, 3.8) is 0 Å². The normalized spacial score (nSPS) is 33.8. The predicted molar refractivity (Wildman–Crippen MR) is 179 cm³/mol. The van der Waals surface area contributed by atoms with Crippen LogP contribution in [0.3, 0.4) is 0 Å². The molecule has 5 bridgehead atoms. The monoisotopic (exact) mass is 728 g/mol. The highest BCUT2D eigenvalue weighted by Gasteiger charge is 2.74. The smallest absolute Gasteiger partial charge is 0.313 e. The number of morpholine rings is 1. The average molecular weight is 730 g/mol. The summed E-state index contributed by atoms with van der Waals surface area (Å²) in [5.74, 6) is -3.41. The quantitative estimate of drug-likeness (QED) is 0.234. The minimum absolute atomic E-state index is 0.0414. The Morgan fingerprint density at radius 2 is 1.75 bits per heavy atom. The van der Waals surface area contributed by atoms with E-state index in [-0.39, 0.29) is 43.8 Å². The minimum Gasteiger partial charge on any atom is -0.455 e. The number of halogens is 1. The zero-order valence-electron chi connectivity index (χ0n) is 27.3. The van der Waals surface area contributed by atoms with Crippen molar-refractivity contribution in [1.29, 1.82) is 0 Å². The third-order valence-corrected chi connectivity index (χ3v) is 10.8. The van der Waals surface area contributed by atoms with Gasteiger partial charge in [-0.05, 0) is 37.8 Å². The van der Waals surface area contributed by atoms with E-state index in [0.29, 0.717) is 55.6 Å². The molecule has 1 aromatic carbocycles. The molecule has 0 radical (unpaired) electrons. The van der Waals surface area contributed by atoms with E-state index in [1.165, 1.54) is 0 Å². The van der Waals surface area contributed by atoms with Crippen LogP contribution in [0.5, 0.6) is 0 Å². The van der Waals surface area contributed by atoms with Gasteiger partial charge in [-0.15, -0.1) is 0 Å². The summed E-state index contributed by atoms with van der Waals surface area (Å²) in [5, 5.41) is 12.5. The minimum atomic E-state index is -1.38. The van der Waals surface area contributed by atoms with Crippen LogP contribution in [0.25, 0.3) is 0 Å². The molecule has 0 unspecified atom stereocenters. The summed E-state index contributed by atoms with van der Waals surface area (Å²) in [6, 6.07) is 7.64. The Bertz CT molecular complexity index is 1420. The maximum absolute atomic E-state index is 14.8. The van der Waals surface area contributed by atoms with Crippen LogP contribution < -0.4 is 5.32 Å². The van der Waals surface area contributed by atoms with E-state index in [0.717, 1.165) is 13.1 Å². The van der Waals surface area contributed by atoms with E-state index >= 15 is 0 Å². The van der Waals surface area contributed by atoms with E-state index < -0.39 is 47.7 Å². The van der Waals surface area contributed by atoms with Crippen LogP contribution in [0.1, 0.15) is 44.3 Å². The summed E-state index contributed by atoms with van der Waals surface area (Å²) in [4.78, 5) is 62.1. The van der Waals surface area contributed by atoms with Gasteiger partial charge in [0.2, 0.25) is 17.7 Å². The summed E-state index contributed by atoms with van der Waals surface area (Å²) in [5.41, 5.74) is -0.672. The summed E-state index contributed by atoms with van der Waals surface area (Å²) >= 11 is 3.61. The van der Waals surface area contributed by atoms with Crippen LogP contribution in [0.15, 0.2) is 53.0 Å². The molecule has 3 amide bonds. The Hall–Kier alpha value is -3.10. The molecular formula is C35H45BrN4O8. The number of rotatable bonds is 8. The van der Waals surface area contributed by atoms with Crippen molar-refractivity contribution in [2.45, 2.75) is 62.5 Å². The number of benzene rings is 1. The number of allylic oxidation sites excluding steroid dienone is 1. The molecule has 260 valence electrons. The number of aliphatic hydroxyl groups is 1. The van der Waals surface area contributed by atoms with Crippen molar-refractivity contribution in [2.24, 2.45) is 11.8 Å². The molecule has 2 N–H and O–H groups in total. The van der Waals surface area contributed by atoms with E-state index in [1.807, 2.05) is 42.5 Å². The maximum Gasteiger partial charge on any atom is 0.313 e. The van der Waals surface area contributed by atoms with Crippen molar-refractivity contribution in [3.8, 4) is 0 Å². The van der Waals surface area contributed by atoms with Crippen molar-refractivity contribution in [3.05, 3.63) is 58.6 Å². The second kappa shape index (κ2) is 15.2. The molecule has 0 aromatic heterocycles. The number of unbranched alkanes of at least 4 members (excludes halogenated alkanes) is 1. The summed E-state index contributed by atoms with van der Waals surface area (Å²) < 4.78 is 19.0. The van der Waals surface area contributed by atoms with Crippen LogP contribution in [0.4, 0.5) is 0 Å². The molecule has 13 heteroatoms. The first-order valence-corrected chi connectivity index (χ1v) is 17.8. The highest BCUT2D eigenvalue weighted by atomic mass is 79.9. The van der Waals surface area contributed by atoms with Gasteiger partial charge in [0.05, 0.1) is 25.2 Å². The number of carbonyl (C=O) groups is 4. The second-order valence-electron chi connectivity index (χ2n) is 13.2. The van der Waals surface area contributed by atoms with E-state index in [4.69, 9.17) is 14.2 Å². The molecule has 7 atom stereocenters. The Morgan fingerprint density at radius 3 is 2.50 bits per heavy atom. The Kier molecular flexibility index (Phi) is 11.0. The van der Waals surface area contributed by atoms with E-state index in [2.05, 4.69) is 26.1 Å². The number of nitrogens with zero attached hydrogens (tertiary/aromatic N) is 3. The molecule has 1 spiro atoms. The molecule has 1 aromatic rings. The van der Waals surface area contributed by atoms with Gasteiger partial charge in [0.15, 0.2) is 0 Å². The highest BCUT2D eigenvalue weighted by molar-refractivity contribution is 9.11. The number of esters is 1. The lowest BCUT2D eigenvalue weighted by Gasteiger charge is -2.37. The first-order valence-electron chi connectivity index (χ1n) is 17.0. The number of nitrogens with one attached hydrogen (secondary N) is 1. The van der Waals surface area contributed by atoms with Gasteiger partial charge in [0, 0.05) is 56.8 Å². The number of fused-ring (bicyclic) bond motifs is 2. The standard InChI is InChI=1S/C35H45BrN4O8/c1-23-29(24-10-4-2-5-11-24)47-34(45)27-28-32(43)40(14-8-9-19-41)31(35(28)22-25(36)30(27)48-35)33(44)39(13-7-3-6-12-26(42)37-23)16-15-38-17-20-46-21-18-38/h2-5,7,10-11,22-23,27-31,41H,6,8-9,12-21H2,1H3,(H,37,42)/b7-3-/t23-,27+,28-,29+,30+,31+,35-/m0/s1. The largest absolute Gasteiger partial charge is 0.455 e. The number of carbonyl (C=O) groups excluding carboxylic acids is 4. The van der Waals surface area contributed by atoms with Gasteiger partial charge in [-0.1, -0.05) is 58.4 Å². The highest BCUT2D eigenvalue weighted by Crippen LogP contribution is 2.59. The molecule has 5 aliphatic heterocycles. The van der Waals surface area contributed by atoms with Gasteiger partial charge in [0.25, 0.3) is 0 Å². The van der Waals surface area contributed by atoms with Crippen LogP contribution in [0.2, 0.25) is 0 Å². The summed E-state index contributed by atoms with van der Waals surface area (Å²) in [7, 11) is 0. The van der Waals surface area contributed by atoms with Gasteiger partial charge in [0.1, 0.15) is 29.8 Å². The summed E-state index contributed by atoms with van der Waals surface area (Å²) in [6.07, 6.45) is 5.62. The van der Waals surface area contributed by atoms with E-state index in [1.54, 1.807) is 22.8 Å². The molecule has 6 rings (SSSR count). The number of hydrogen-bond donors (Lipinski definition) is 2. The molecule has 3 fully saturated rings. The van der Waals surface area contributed by atoms with Gasteiger partial charge < -0.3 is 34.4 Å². The van der Waals surface area contributed by atoms with Crippen molar-refractivity contribution >= 4 is 39.6 Å². The molecule has 5 heterocycles. The van der Waals surface area contributed by atoms with Gasteiger partial charge in [-0.25, -0.2) is 0 Å². The first-order chi connectivity index (χ1) is 23.2. The average Bonchev–Trinajstić information content (AvgIpc) is 3.68. The van der Waals surface area contributed by atoms with Crippen LogP contribution in [0, 0.1) is 11.8 Å². The number of aliphatic hydroxyl groups excluding tert-OH is 1. The molecular weight excluding hydrogens is 684 g/mol. The Labute approximate surface area is 289 Å². The number of hydrogen-bond acceptors (Lipinski definition) is 9. The molecule has 48 heavy (non-hydrogen) atoms. The fourth-order valence-corrected chi connectivity index (χ4v) is 8.43. The van der Waals surface area contributed by atoms with Gasteiger partial charge >= 0.3 is 5.97 Å². The van der Waals surface area contributed by atoms with Crippen LogP contribution in [-0.2, 0) is 33.4 Å². The molecule has 5 aliphatic rings. The number of ether oxygens (including phenoxy) is 3. The van der Waals surface area contributed by atoms with Crippen molar-refractivity contribution in [2.75, 3.05) is 59.1 Å². The third kappa shape index (κ3) is 6.84. The number of amides is 3. The lowest BCUT2D eigenvalue weighted by molar-refractivity contribution is -0.161. The zero-order chi connectivity index (χ0) is 33.8. The van der Waals surface area contributed by atoms with Crippen molar-refractivity contribution in [1.82, 2.24) is 20.0 Å². The lowest BCUT2D eigenvalue weighted by Crippen LogP contribution is -2.57. The van der Waals surface area contributed by atoms with Gasteiger partial charge in [-0.2, -0.15) is 0 Å².